The van der Waals surface area contributed by atoms with Crippen LogP contribution in [0.5, 0.6) is 0 Å². The lowest BCUT2D eigenvalue weighted by atomic mass is 10.1. The van der Waals surface area contributed by atoms with Gasteiger partial charge in [0.05, 0.1) is 16.8 Å². The van der Waals surface area contributed by atoms with Crippen molar-refractivity contribution in [2.45, 2.75) is 6.54 Å². The lowest BCUT2D eigenvalue weighted by molar-refractivity contribution is 0.843. The number of anilines is 1. The molecule has 0 atom stereocenters. The van der Waals surface area contributed by atoms with Gasteiger partial charge in [-0.15, -0.1) is 0 Å². The molecule has 2 aromatic heterocycles. The Hall–Kier alpha value is -3.64. The summed E-state index contributed by atoms with van der Waals surface area (Å²) in [6, 6.07) is 14.9. The van der Waals surface area contributed by atoms with Crippen LogP contribution in [0.4, 0.5) is 5.69 Å². The minimum atomic E-state index is 0.449. The molecule has 110 valence electrons. The Morgan fingerprint density at radius 1 is 1.04 bits per heavy atom. The van der Waals surface area contributed by atoms with Gasteiger partial charge >= 0.3 is 0 Å². The standard InChI is InChI=1S/C17H12N6/c18-10-14-3-1-4-15(11-19)17(14)21-12-13-5-7-20-16(9-13)23-8-2-6-22-23/h1-9,21H,12H2. The Kier molecular flexibility index (Phi) is 3.99. The Morgan fingerprint density at radius 2 is 1.83 bits per heavy atom. The molecule has 0 aliphatic heterocycles. The molecule has 6 nitrogen and oxygen atoms in total. The summed E-state index contributed by atoms with van der Waals surface area (Å²) in [5.74, 6) is 0.711. The molecule has 0 unspecified atom stereocenters. The van der Waals surface area contributed by atoms with Gasteiger partial charge in [0, 0.05) is 25.1 Å². The summed E-state index contributed by atoms with van der Waals surface area (Å²) < 4.78 is 1.67. The minimum Gasteiger partial charge on any atom is -0.379 e. The average Bonchev–Trinajstić information content (AvgIpc) is 3.14. The first kappa shape index (κ1) is 14.3. The Bertz CT molecular complexity index is 867. The van der Waals surface area contributed by atoms with Gasteiger partial charge in [0.25, 0.3) is 0 Å². The Labute approximate surface area is 133 Å². The molecule has 1 aromatic carbocycles. The first-order chi connectivity index (χ1) is 11.3. The van der Waals surface area contributed by atoms with E-state index in [0.29, 0.717) is 29.2 Å². The van der Waals surface area contributed by atoms with Crippen LogP contribution >= 0.6 is 0 Å². The maximum absolute atomic E-state index is 9.18. The predicted octanol–water partition coefficient (Wildman–Crippen LogP) is 2.62. The van der Waals surface area contributed by atoms with Crippen LogP contribution in [0.2, 0.25) is 0 Å². The van der Waals surface area contributed by atoms with Gasteiger partial charge in [-0.3, -0.25) is 0 Å². The summed E-state index contributed by atoms with van der Waals surface area (Å²) >= 11 is 0. The summed E-state index contributed by atoms with van der Waals surface area (Å²) in [6.45, 7) is 0.476. The fourth-order valence-corrected chi connectivity index (χ4v) is 2.22. The van der Waals surface area contributed by atoms with Crippen molar-refractivity contribution >= 4 is 5.69 Å². The molecular weight excluding hydrogens is 288 g/mol. The first-order valence-corrected chi connectivity index (χ1v) is 6.94. The number of para-hydroxylation sites is 1. The average molecular weight is 300 g/mol. The summed E-state index contributed by atoms with van der Waals surface area (Å²) in [7, 11) is 0. The molecule has 23 heavy (non-hydrogen) atoms. The Morgan fingerprint density at radius 3 is 2.48 bits per heavy atom. The minimum absolute atomic E-state index is 0.449. The lowest BCUT2D eigenvalue weighted by Gasteiger charge is -2.10. The molecule has 0 saturated carbocycles. The van der Waals surface area contributed by atoms with E-state index in [-0.39, 0.29) is 0 Å². The van der Waals surface area contributed by atoms with Crippen molar-refractivity contribution in [3.8, 4) is 18.0 Å². The molecule has 0 bridgehead atoms. The highest BCUT2D eigenvalue weighted by Crippen LogP contribution is 2.21. The fourth-order valence-electron chi connectivity index (χ4n) is 2.22. The van der Waals surface area contributed by atoms with E-state index in [9.17, 15) is 10.5 Å². The second-order valence-electron chi connectivity index (χ2n) is 4.78. The molecule has 6 heteroatoms. The van der Waals surface area contributed by atoms with Crippen LogP contribution in [0.3, 0.4) is 0 Å². The van der Waals surface area contributed by atoms with E-state index < -0.39 is 0 Å². The number of nitrogens with one attached hydrogen (secondary N) is 1. The topological polar surface area (TPSA) is 90.3 Å². The predicted molar refractivity (Wildman–Crippen MR) is 84.6 cm³/mol. The van der Waals surface area contributed by atoms with Crippen molar-refractivity contribution in [1.29, 1.82) is 10.5 Å². The van der Waals surface area contributed by atoms with Gasteiger partial charge in [-0.25, -0.2) is 9.67 Å². The van der Waals surface area contributed by atoms with Gasteiger partial charge in [0.1, 0.15) is 12.1 Å². The highest BCUT2D eigenvalue weighted by atomic mass is 15.3. The number of pyridine rings is 1. The second-order valence-corrected chi connectivity index (χ2v) is 4.78. The van der Waals surface area contributed by atoms with Crippen LogP contribution in [0.1, 0.15) is 16.7 Å². The molecule has 2 heterocycles. The van der Waals surface area contributed by atoms with E-state index >= 15 is 0 Å². The van der Waals surface area contributed by atoms with E-state index in [1.807, 2.05) is 24.4 Å². The van der Waals surface area contributed by atoms with Gasteiger partial charge in [-0.2, -0.15) is 15.6 Å². The third kappa shape index (κ3) is 3.02. The summed E-state index contributed by atoms with van der Waals surface area (Å²) in [5, 5.41) is 25.7. The van der Waals surface area contributed by atoms with Gasteiger partial charge in [-0.1, -0.05) is 6.07 Å². The van der Waals surface area contributed by atoms with Crippen molar-refractivity contribution in [1.82, 2.24) is 14.8 Å². The van der Waals surface area contributed by atoms with E-state index in [2.05, 4.69) is 27.5 Å². The van der Waals surface area contributed by atoms with Crippen LogP contribution < -0.4 is 5.32 Å². The molecule has 0 saturated heterocycles. The number of nitriles is 2. The number of hydrogen-bond donors (Lipinski definition) is 1. The fraction of sp³-hybridized carbons (Fsp3) is 0.0588. The normalized spacial score (nSPS) is 9.83. The first-order valence-electron chi connectivity index (χ1n) is 6.94. The van der Waals surface area contributed by atoms with Gasteiger partial charge in [-0.05, 0) is 35.9 Å². The van der Waals surface area contributed by atoms with Crippen LogP contribution in [-0.4, -0.2) is 14.8 Å². The zero-order valence-corrected chi connectivity index (χ0v) is 12.1. The molecular formula is C17H12N6. The molecule has 1 N–H and O–H groups in total. The van der Waals surface area contributed by atoms with Crippen LogP contribution in [-0.2, 0) is 6.54 Å². The highest BCUT2D eigenvalue weighted by Gasteiger charge is 2.08. The molecule has 0 radical (unpaired) electrons. The van der Waals surface area contributed by atoms with E-state index in [0.717, 1.165) is 5.56 Å². The van der Waals surface area contributed by atoms with Gasteiger partial charge < -0.3 is 5.32 Å². The Balaban J connectivity index is 1.84. The van der Waals surface area contributed by atoms with Crippen LogP contribution in [0, 0.1) is 22.7 Å². The third-order valence-electron chi connectivity index (χ3n) is 3.32. The zero-order valence-electron chi connectivity index (χ0n) is 12.1. The molecule has 0 aliphatic rings. The van der Waals surface area contributed by atoms with Crippen LogP contribution in [0.15, 0.2) is 55.0 Å². The van der Waals surface area contributed by atoms with Crippen molar-refractivity contribution < 1.29 is 0 Å². The third-order valence-corrected chi connectivity index (χ3v) is 3.32. The highest BCUT2D eigenvalue weighted by molar-refractivity contribution is 5.66. The second kappa shape index (κ2) is 6.42. The van der Waals surface area contributed by atoms with Crippen molar-refractivity contribution in [2.24, 2.45) is 0 Å². The van der Waals surface area contributed by atoms with Crippen LogP contribution in [0.25, 0.3) is 5.82 Å². The summed E-state index contributed by atoms with van der Waals surface area (Å²) in [5.41, 5.74) is 2.42. The number of nitrogens with zero attached hydrogens (tertiary/aromatic N) is 5. The SMILES string of the molecule is N#Cc1cccc(C#N)c1NCc1ccnc(-n2cccn2)c1. The van der Waals surface area contributed by atoms with Gasteiger partial charge in [0.2, 0.25) is 0 Å². The maximum atomic E-state index is 9.18. The molecule has 0 fully saturated rings. The molecule has 3 aromatic rings. The number of aromatic nitrogens is 3. The lowest BCUT2D eigenvalue weighted by Crippen LogP contribution is -2.05. The van der Waals surface area contributed by atoms with Crippen molar-refractivity contribution in [3.05, 3.63) is 71.7 Å². The number of rotatable bonds is 4. The molecule has 3 rings (SSSR count). The number of benzene rings is 1. The van der Waals surface area contributed by atoms with Crippen molar-refractivity contribution in [2.75, 3.05) is 5.32 Å². The maximum Gasteiger partial charge on any atom is 0.153 e. The smallest absolute Gasteiger partial charge is 0.153 e. The quantitative estimate of drug-likeness (QED) is 0.799. The zero-order chi connectivity index (χ0) is 16.1. The largest absolute Gasteiger partial charge is 0.379 e. The molecule has 0 aliphatic carbocycles. The summed E-state index contributed by atoms with van der Waals surface area (Å²) in [4.78, 5) is 4.27. The van der Waals surface area contributed by atoms with Gasteiger partial charge in [0.15, 0.2) is 5.82 Å². The van der Waals surface area contributed by atoms with Crippen molar-refractivity contribution in [3.63, 3.8) is 0 Å². The van der Waals surface area contributed by atoms with E-state index in [4.69, 9.17) is 0 Å². The molecule has 0 amide bonds. The number of hydrogen-bond acceptors (Lipinski definition) is 5. The summed E-state index contributed by atoms with van der Waals surface area (Å²) in [6.07, 6.45) is 5.21. The van der Waals surface area contributed by atoms with E-state index in [1.54, 1.807) is 35.3 Å². The molecule has 0 spiro atoms. The monoisotopic (exact) mass is 300 g/mol. The van der Waals surface area contributed by atoms with E-state index in [1.165, 1.54) is 0 Å².